The number of hydrogen-bond acceptors (Lipinski definition) is 2. The molecule has 1 fully saturated rings. The Morgan fingerprint density at radius 1 is 0.912 bits per heavy atom. The van der Waals surface area contributed by atoms with Crippen molar-refractivity contribution in [3.63, 3.8) is 0 Å². The summed E-state index contributed by atoms with van der Waals surface area (Å²) in [6.45, 7) is 3.33. The number of nitrogens with one attached hydrogen (secondary N) is 1. The predicted octanol–water partition coefficient (Wildman–Crippen LogP) is 7.67. The number of halogens is 1. The third-order valence-electron chi connectivity index (χ3n) is 6.78. The van der Waals surface area contributed by atoms with Gasteiger partial charge in [0.05, 0.1) is 0 Å². The second-order valence-corrected chi connectivity index (χ2v) is 9.91. The summed E-state index contributed by atoms with van der Waals surface area (Å²) >= 11 is 5.96. The third kappa shape index (κ3) is 6.82. The van der Waals surface area contributed by atoms with Gasteiger partial charge in [-0.15, -0.1) is 0 Å². The Kier molecular flexibility index (Phi) is 8.21. The summed E-state index contributed by atoms with van der Waals surface area (Å²) in [7, 11) is 2.24. The number of nitrogens with zero attached hydrogens (tertiary/aromatic N) is 1. The van der Waals surface area contributed by atoms with Gasteiger partial charge < -0.3 is 5.32 Å². The third-order valence-corrected chi connectivity index (χ3v) is 7.03. The standard InChI is InChI=1S/C30H33ClN2O/c1-22-3-18-29(19-4-22)33(2)21-24-7-5-23(6-8-24)9-20-30(34)32-28-16-12-26(13-17-28)25-10-14-27(31)15-11-25/h5-17,20,22,29H,3-4,18-19,21H2,1-2H3,(H,32,34). The molecular weight excluding hydrogens is 440 g/mol. The molecule has 3 nitrogen and oxygen atoms in total. The van der Waals surface area contributed by atoms with Crippen LogP contribution < -0.4 is 5.32 Å². The molecule has 3 aromatic rings. The van der Waals surface area contributed by atoms with Crippen molar-refractivity contribution in [1.82, 2.24) is 4.90 Å². The van der Waals surface area contributed by atoms with E-state index in [0.29, 0.717) is 6.04 Å². The number of rotatable bonds is 7. The van der Waals surface area contributed by atoms with Gasteiger partial charge in [-0.25, -0.2) is 0 Å². The summed E-state index contributed by atoms with van der Waals surface area (Å²) in [5, 5.41) is 3.64. The van der Waals surface area contributed by atoms with Gasteiger partial charge in [0.15, 0.2) is 0 Å². The highest BCUT2D eigenvalue weighted by Crippen LogP contribution is 2.27. The number of amides is 1. The van der Waals surface area contributed by atoms with Crippen molar-refractivity contribution >= 4 is 29.3 Å². The van der Waals surface area contributed by atoms with E-state index in [2.05, 4.69) is 48.5 Å². The Morgan fingerprint density at radius 2 is 1.50 bits per heavy atom. The highest BCUT2D eigenvalue weighted by molar-refractivity contribution is 6.30. The lowest BCUT2D eigenvalue weighted by molar-refractivity contribution is -0.111. The van der Waals surface area contributed by atoms with Crippen LogP contribution in [0.5, 0.6) is 0 Å². The van der Waals surface area contributed by atoms with E-state index in [0.717, 1.165) is 39.9 Å². The number of carbonyl (C=O) groups is 1. The number of carbonyl (C=O) groups excluding carboxylic acids is 1. The quantitative estimate of drug-likeness (QED) is 0.358. The maximum atomic E-state index is 12.4. The van der Waals surface area contributed by atoms with Gasteiger partial charge in [0.1, 0.15) is 0 Å². The molecule has 1 aliphatic carbocycles. The summed E-state index contributed by atoms with van der Waals surface area (Å²) in [5.41, 5.74) is 5.26. The number of anilines is 1. The van der Waals surface area contributed by atoms with Crippen LogP contribution in [0, 0.1) is 5.92 Å². The van der Waals surface area contributed by atoms with Crippen LogP contribution in [0.3, 0.4) is 0 Å². The van der Waals surface area contributed by atoms with E-state index in [-0.39, 0.29) is 5.91 Å². The Labute approximate surface area is 208 Å². The van der Waals surface area contributed by atoms with Crippen molar-refractivity contribution < 1.29 is 4.79 Å². The summed E-state index contributed by atoms with van der Waals surface area (Å²) in [5.74, 6) is 0.733. The highest BCUT2D eigenvalue weighted by atomic mass is 35.5. The Bertz CT molecular complexity index is 1100. The molecule has 0 aliphatic heterocycles. The topological polar surface area (TPSA) is 32.3 Å². The number of benzene rings is 3. The van der Waals surface area contributed by atoms with E-state index in [1.54, 1.807) is 6.08 Å². The predicted molar refractivity (Wildman–Crippen MR) is 144 cm³/mol. The largest absolute Gasteiger partial charge is 0.323 e. The van der Waals surface area contributed by atoms with Gasteiger partial charge in [-0.1, -0.05) is 67.1 Å². The van der Waals surface area contributed by atoms with Gasteiger partial charge >= 0.3 is 0 Å². The molecule has 34 heavy (non-hydrogen) atoms. The molecule has 0 unspecified atom stereocenters. The van der Waals surface area contributed by atoms with Crippen LogP contribution in [0.2, 0.25) is 5.02 Å². The highest BCUT2D eigenvalue weighted by Gasteiger charge is 2.21. The van der Waals surface area contributed by atoms with Crippen LogP contribution in [0.15, 0.2) is 78.9 Å². The fourth-order valence-electron chi connectivity index (χ4n) is 4.58. The smallest absolute Gasteiger partial charge is 0.248 e. The Hall–Kier alpha value is -2.88. The van der Waals surface area contributed by atoms with Crippen molar-refractivity contribution in [2.24, 2.45) is 5.92 Å². The summed E-state index contributed by atoms with van der Waals surface area (Å²) in [6, 6.07) is 24.7. The zero-order valence-electron chi connectivity index (χ0n) is 20.0. The fourth-order valence-corrected chi connectivity index (χ4v) is 4.70. The van der Waals surface area contributed by atoms with Gasteiger partial charge in [0.2, 0.25) is 5.91 Å². The summed E-state index contributed by atoms with van der Waals surface area (Å²) < 4.78 is 0. The zero-order valence-corrected chi connectivity index (χ0v) is 20.8. The van der Waals surface area contributed by atoms with Gasteiger partial charge in [0, 0.05) is 29.4 Å². The van der Waals surface area contributed by atoms with E-state index in [1.807, 2.05) is 54.6 Å². The molecule has 1 amide bonds. The molecule has 0 saturated heterocycles. The van der Waals surface area contributed by atoms with Crippen molar-refractivity contribution in [2.45, 2.75) is 45.2 Å². The summed E-state index contributed by atoms with van der Waals surface area (Å²) in [6.07, 6.45) is 8.72. The molecule has 0 spiro atoms. The van der Waals surface area contributed by atoms with Crippen molar-refractivity contribution in [2.75, 3.05) is 12.4 Å². The molecule has 0 atom stereocenters. The van der Waals surface area contributed by atoms with E-state index < -0.39 is 0 Å². The van der Waals surface area contributed by atoms with Crippen LogP contribution >= 0.6 is 11.6 Å². The van der Waals surface area contributed by atoms with Crippen molar-refractivity contribution in [3.8, 4) is 11.1 Å². The van der Waals surface area contributed by atoms with E-state index in [4.69, 9.17) is 11.6 Å². The second kappa shape index (κ2) is 11.5. The fraction of sp³-hybridized carbons (Fsp3) is 0.300. The lowest BCUT2D eigenvalue weighted by atomic mass is 9.86. The van der Waals surface area contributed by atoms with Gasteiger partial charge in [-0.2, -0.15) is 0 Å². The normalized spacial score (nSPS) is 18.4. The SMILES string of the molecule is CC1CCC(N(C)Cc2ccc(C=CC(=O)Nc3ccc(-c4ccc(Cl)cc4)cc3)cc2)CC1. The lowest BCUT2D eigenvalue weighted by Crippen LogP contribution is -2.34. The van der Waals surface area contributed by atoms with Crippen molar-refractivity contribution in [1.29, 1.82) is 0 Å². The van der Waals surface area contributed by atoms with Crippen molar-refractivity contribution in [3.05, 3.63) is 95.0 Å². The monoisotopic (exact) mass is 472 g/mol. The molecule has 1 saturated carbocycles. The molecule has 0 aromatic heterocycles. The van der Waals surface area contributed by atoms with Crippen LogP contribution in [0.25, 0.3) is 17.2 Å². The molecule has 4 rings (SSSR count). The van der Waals surface area contributed by atoms with Gasteiger partial charge in [-0.3, -0.25) is 9.69 Å². The molecule has 0 radical (unpaired) electrons. The zero-order chi connectivity index (χ0) is 23.9. The van der Waals surface area contributed by atoms with Crippen LogP contribution in [0.4, 0.5) is 5.69 Å². The van der Waals surface area contributed by atoms with E-state index in [1.165, 1.54) is 31.2 Å². The van der Waals surface area contributed by atoms with Gasteiger partial charge in [-0.05, 0) is 91.2 Å². The maximum Gasteiger partial charge on any atom is 0.248 e. The minimum absolute atomic E-state index is 0.144. The minimum atomic E-state index is -0.144. The first-order valence-electron chi connectivity index (χ1n) is 12.1. The molecule has 0 heterocycles. The Morgan fingerprint density at radius 3 is 2.12 bits per heavy atom. The number of hydrogen-bond donors (Lipinski definition) is 1. The van der Waals surface area contributed by atoms with Gasteiger partial charge in [0.25, 0.3) is 0 Å². The average Bonchev–Trinajstić information content (AvgIpc) is 2.85. The van der Waals surface area contributed by atoms with E-state index in [9.17, 15) is 4.79 Å². The first-order valence-corrected chi connectivity index (χ1v) is 12.5. The molecular formula is C30H33ClN2O. The molecule has 0 bridgehead atoms. The minimum Gasteiger partial charge on any atom is -0.323 e. The molecule has 4 heteroatoms. The van der Waals surface area contributed by atoms with Crippen LogP contribution in [-0.2, 0) is 11.3 Å². The molecule has 1 aliphatic rings. The molecule has 1 N–H and O–H groups in total. The first-order chi connectivity index (χ1) is 16.5. The second-order valence-electron chi connectivity index (χ2n) is 9.48. The Balaban J connectivity index is 1.27. The lowest BCUT2D eigenvalue weighted by Gasteiger charge is -2.33. The first kappa shape index (κ1) is 24.3. The molecule has 176 valence electrons. The summed E-state index contributed by atoms with van der Waals surface area (Å²) in [4.78, 5) is 14.9. The van der Waals surface area contributed by atoms with E-state index >= 15 is 0 Å². The van der Waals surface area contributed by atoms with Crippen LogP contribution in [0.1, 0.15) is 43.7 Å². The van der Waals surface area contributed by atoms with Crippen LogP contribution in [-0.4, -0.2) is 23.9 Å². The maximum absolute atomic E-state index is 12.4. The molecule has 3 aromatic carbocycles. The average molecular weight is 473 g/mol.